The number of aromatic nitrogens is 1. The SMILES string of the molecule is COc1ccc2nc(NC3(C)CCOC3C)sc2c1. The summed E-state index contributed by atoms with van der Waals surface area (Å²) in [5, 5.41) is 4.48. The van der Waals surface area contributed by atoms with Crippen LogP contribution in [0, 0.1) is 0 Å². The molecule has 1 N–H and O–H groups in total. The van der Waals surface area contributed by atoms with Crippen LogP contribution >= 0.6 is 11.3 Å². The van der Waals surface area contributed by atoms with E-state index in [1.54, 1.807) is 18.4 Å². The molecular formula is C14H18N2O2S. The topological polar surface area (TPSA) is 43.4 Å². The van der Waals surface area contributed by atoms with Gasteiger partial charge in [0.2, 0.25) is 0 Å². The smallest absolute Gasteiger partial charge is 0.184 e. The van der Waals surface area contributed by atoms with Crippen molar-refractivity contribution in [2.24, 2.45) is 0 Å². The van der Waals surface area contributed by atoms with E-state index in [0.717, 1.165) is 34.1 Å². The second-order valence-electron chi connectivity index (χ2n) is 5.16. The zero-order valence-electron chi connectivity index (χ0n) is 11.4. The first-order valence-electron chi connectivity index (χ1n) is 6.45. The highest BCUT2D eigenvalue weighted by molar-refractivity contribution is 7.22. The zero-order valence-corrected chi connectivity index (χ0v) is 12.2. The average molecular weight is 278 g/mol. The highest BCUT2D eigenvalue weighted by atomic mass is 32.1. The summed E-state index contributed by atoms with van der Waals surface area (Å²) in [7, 11) is 1.68. The standard InChI is InChI=1S/C14H18N2O2S/c1-9-14(2,6-7-18-9)16-13-15-11-5-4-10(17-3)8-12(11)19-13/h4-5,8-9H,6-7H2,1-3H3,(H,15,16). The van der Waals surface area contributed by atoms with Gasteiger partial charge in [0.25, 0.3) is 0 Å². The molecule has 0 amide bonds. The number of hydrogen-bond donors (Lipinski definition) is 1. The van der Waals surface area contributed by atoms with Gasteiger partial charge in [0.1, 0.15) is 5.75 Å². The van der Waals surface area contributed by atoms with E-state index in [4.69, 9.17) is 9.47 Å². The largest absolute Gasteiger partial charge is 0.497 e. The van der Waals surface area contributed by atoms with Crippen LogP contribution in [-0.4, -0.2) is 30.3 Å². The summed E-state index contributed by atoms with van der Waals surface area (Å²) < 4.78 is 12.0. The van der Waals surface area contributed by atoms with Crippen LogP contribution in [0.25, 0.3) is 10.2 Å². The van der Waals surface area contributed by atoms with Crippen molar-refractivity contribution >= 4 is 26.7 Å². The molecule has 1 aliphatic rings. The molecular weight excluding hydrogens is 260 g/mol. The van der Waals surface area contributed by atoms with Gasteiger partial charge in [-0.15, -0.1) is 0 Å². The van der Waals surface area contributed by atoms with Crippen LogP contribution in [0.1, 0.15) is 20.3 Å². The fourth-order valence-electron chi connectivity index (χ4n) is 2.33. The van der Waals surface area contributed by atoms with Crippen molar-refractivity contribution in [3.8, 4) is 5.75 Å². The third-order valence-electron chi connectivity index (χ3n) is 3.87. The molecule has 4 nitrogen and oxygen atoms in total. The molecule has 0 radical (unpaired) electrons. The summed E-state index contributed by atoms with van der Waals surface area (Å²) in [6, 6.07) is 5.96. The Bertz CT molecular complexity index is 598. The van der Waals surface area contributed by atoms with E-state index < -0.39 is 0 Å². The zero-order chi connectivity index (χ0) is 13.5. The Balaban J connectivity index is 1.89. The van der Waals surface area contributed by atoms with Gasteiger partial charge in [-0.2, -0.15) is 0 Å². The summed E-state index contributed by atoms with van der Waals surface area (Å²) in [5.74, 6) is 0.867. The normalized spacial score (nSPS) is 26.8. The van der Waals surface area contributed by atoms with E-state index in [0.29, 0.717) is 0 Å². The Kier molecular flexibility index (Phi) is 3.11. The summed E-state index contributed by atoms with van der Waals surface area (Å²) in [6.07, 6.45) is 1.21. The maximum Gasteiger partial charge on any atom is 0.184 e. The first kappa shape index (κ1) is 12.7. The predicted octanol–water partition coefficient (Wildman–Crippen LogP) is 3.28. The molecule has 1 aromatic carbocycles. The van der Waals surface area contributed by atoms with Crippen LogP contribution in [0.4, 0.5) is 5.13 Å². The molecule has 0 spiro atoms. The van der Waals surface area contributed by atoms with Gasteiger partial charge in [0.05, 0.1) is 29.0 Å². The Morgan fingerprint density at radius 1 is 1.53 bits per heavy atom. The van der Waals surface area contributed by atoms with E-state index in [1.807, 2.05) is 18.2 Å². The van der Waals surface area contributed by atoms with Crippen LogP contribution in [0.5, 0.6) is 5.75 Å². The molecule has 2 atom stereocenters. The van der Waals surface area contributed by atoms with E-state index in [2.05, 4.69) is 24.1 Å². The number of anilines is 1. The molecule has 2 heterocycles. The first-order valence-corrected chi connectivity index (χ1v) is 7.27. The predicted molar refractivity (Wildman–Crippen MR) is 78.2 cm³/mol. The molecule has 1 fully saturated rings. The third kappa shape index (κ3) is 2.28. The summed E-state index contributed by atoms with van der Waals surface area (Å²) in [4.78, 5) is 4.63. The van der Waals surface area contributed by atoms with Crippen LogP contribution in [-0.2, 0) is 4.74 Å². The lowest BCUT2D eigenvalue weighted by Gasteiger charge is -2.28. The molecule has 102 valence electrons. The fourth-order valence-corrected chi connectivity index (χ4v) is 3.36. The molecule has 1 aromatic heterocycles. The molecule has 2 unspecified atom stereocenters. The molecule has 0 aliphatic carbocycles. The maximum atomic E-state index is 5.65. The summed E-state index contributed by atoms with van der Waals surface area (Å²) >= 11 is 1.66. The summed E-state index contributed by atoms with van der Waals surface area (Å²) in [6.45, 7) is 5.11. The number of methoxy groups -OCH3 is 1. The van der Waals surface area contributed by atoms with Crippen molar-refractivity contribution < 1.29 is 9.47 Å². The van der Waals surface area contributed by atoms with E-state index >= 15 is 0 Å². The van der Waals surface area contributed by atoms with Gasteiger partial charge >= 0.3 is 0 Å². The first-order chi connectivity index (χ1) is 9.10. The van der Waals surface area contributed by atoms with Gasteiger partial charge in [-0.25, -0.2) is 4.98 Å². The Labute approximate surface area is 116 Å². The van der Waals surface area contributed by atoms with Crippen molar-refractivity contribution in [2.75, 3.05) is 19.0 Å². The summed E-state index contributed by atoms with van der Waals surface area (Å²) in [5.41, 5.74) is 0.973. The minimum atomic E-state index is -0.0298. The highest BCUT2D eigenvalue weighted by Crippen LogP contribution is 2.34. The number of fused-ring (bicyclic) bond motifs is 1. The molecule has 1 saturated heterocycles. The lowest BCUT2D eigenvalue weighted by atomic mass is 9.95. The van der Waals surface area contributed by atoms with Crippen LogP contribution < -0.4 is 10.1 Å². The Hall–Kier alpha value is -1.33. The second-order valence-corrected chi connectivity index (χ2v) is 6.19. The van der Waals surface area contributed by atoms with Gasteiger partial charge in [-0.1, -0.05) is 11.3 Å². The van der Waals surface area contributed by atoms with Gasteiger partial charge in [-0.05, 0) is 38.5 Å². The van der Waals surface area contributed by atoms with Crippen LogP contribution in [0.3, 0.4) is 0 Å². The highest BCUT2D eigenvalue weighted by Gasteiger charge is 2.37. The molecule has 0 saturated carbocycles. The molecule has 1 aliphatic heterocycles. The molecule has 5 heteroatoms. The van der Waals surface area contributed by atoms with Crippen molar-refractivity contribution in [3.63, 3.8) is 0 Å². The van der Waals surface area contributed by atoms with Crippen molar-refractivity contribution in [3.05, 3.63) is 18.2 Å². The fraction of sp³-hybridized carbons (Fsp3) is 0.500. The minimum absolute atomic E-state index is 0.0298. The van der Waals surface area contributed by atoms with E-state index in [9.17, 15) is 0 Å². The van der Waals surface area contributed by atoms with Crippen molar-refractivity contribution in [2.45, 2.75) is 31.9 Å². The van der Waals surface area contributed by atoms with Gasteiger partial charge in [-0.3, -0.25) is 0 Å². The number of nitrogens with zero attached hydrogens (tertiary/aromatic N) is 1. The van der Waals surface area contributed by atoms with Crippen LogP contribution in [0.2, 0.25) is 0 Å². The Morgan fingerprint density at radius 2 is 2.37 bits per heavy atom. The van der Waals surface area contributed by atoms with E-state index in [-0.39, 0.29) is 11.6 Å². The lowest BCUT2D eigenvalue weighted by molar-refractivity contribution is 0.105. The van der Waals surface area contributed by atoms with Gasteiger partial charge in [0.15, 0.2) is 5.13 Å². The number of ether oxygens (including phenoxy) is 2. The second kappa shape index (κ2) is 4.65. The van der Waals surface area contributed by atoms with Gasteiger partial charge in [0, 0.05) is 6.61 Å². The Morgan fingerprint density at radius 3 is 3.05 bits per heavy atom. The molecule has 2 aromatic rings. The number of nitrogens with one attached hydrogen (secondary N) is 1. The van der Waals surface area contributed by atoms with E-state index in [1.165, 1.54) is 0 Å². The molecule has 0 bridgehead atoms. The number of rotatable bonds is 3. The lowest BCUT2D eigenvalue weighted by Crippen LogP contribution is -2.41. The molecule has 3 rings (SSSR count). The number of hydrogen-bond acceptors (Lipinski definition) is 5. The number of thiazole rings is 1. The number of benzene rings is 1. The maximum absolute atomic E-state index is 5.65. The third-order valence-corrected chi connectivity index (χ3v) is 4.81. The van der Waals surface area contributed by atoms with Gasteiger partial charge < -0.3 is 14.8 Å². The minimum Gasteiger partial charge on any atom is -0.497 e. The van der Waals surface area contributed by atoms with Crippen molar-refractivity contribution in [1.82, 2.24) is 4.98 Å². The van der Waals surface area contributed by atoms with Crippen molar-refractivity contribution in [1.29, 1.82) is 0 Å². The van der Waals surface area contributed by atoms with Crippen LogP contribution in [0.15, 0.2) is 18.2 Å². The monoisotopic (exact) mass is 278 g/mol. The average Bonchev–Trinajstić information content (AvgIpc) is 2.92. The quantitative estimate of drug-likeness (QED) is 0.935. The molecule has 19 heavy (non-hydrogen) atoms.